The maximum Gasteiger partial charge on any atom is 0.270 e. The molecule has 6 heteroatoms. The average Bonchev–Trinajstić information content (AvgIpc) is 3.06. The van der Waals surface area contributed by atoms with Gasteiger partial charge in [0.15, 0.2) is 0 Å². The summed E-state index contributed by atoms with van der Waals surface area (Å²) >= 11 is 0. The lowest BCUT2D eigenvalue weighted by Gasteiger charge is -2.16. The Labute approximate surface area is 156 Å². The van der Waals surface area contributed by atoms with E-state index in [9.17, 15) is 9.59 Å². The number of aromatic nitrogens is 1. The predicted molar refractivity (Wildman–Crippen MR) is 103 cm³/mol. The maximum absolute atomic E-state index is 12.7. The molecule has 2 aromatic carbocycles. The van der Waals surface area contributed by atoms with Crippen LogP contribution in [0.4, 0.5) is 5.69 Å². The second-order valence-electron chi connectivity index (χ2n) is 6.57. The van der Waals surface area contributed by atoms with Gasteiger partial charge < -0.3 is 15.4 Å². The Hall–Kier alpha value is -3.41. The van der Waals surface area contributed by atoms with Gasteiger partial charge in [-0.15, -0.1) is 0 Å². The number of hydrogen-bond acceptors (Lipinski definition) is 4. The number of methoxy groups -OCH3 is 1. The van der Waals surface area contributed by atoms with Crippen molar-refractivity contribution in [1.82, 2.24) is 10.3 Å². The molecule has 4 rings (SSSR count). The van der Waals surface area contributed by atoms with E-state index in [0.717, 1.165) is 27.6 Å². The van der Waals surface area contributed by atoms with E-state index in [1.807, 2.05) is 49.4 Å². The normalized spacial score (nSPS) is 13.8. The molecule has 1 aliphatic rings. The quantitative estimate of drug-likeness (QED) is 0.748. The van der Waals surface area contributed by atoms with Gasteiger partial charge in [-0.3, -0.25) is 9.59 Å². The zero-order valence-corrected chi connectivity index (χ0v) is 15.1. The predicted octanol–water partition coefficient (Wildman–Crippen LogP) is 3.23. The average molecular weight is 361 g/mol. The Balaban J connectivity index is 1.58. The van der Waals surface area contributed by atoms with E-state index in [-0.39, 0.29) is 17.9 Å². The van der Waals surface area contributed by atoms with Crippen LogP contribution in [0.2, 0.25) is 0 Å². The van der Waals surface area contributed by atoms with Gasteiger partial charge in [-0.1, -0.05) is 30.3 Å². The first-order valence-electron chi connectivity index (χ1n) is 8.72. The van der Waals surface area contributed by atoms with Crippen molar-refractivity contribution in [3.05, 3.63) is 65.4 Å². The molecule has 0 saturated carbocycles. The fourth-order valence-corrected chi connectivity index (χ4v) is 3.31. The van der Waals surface area contributed by atoms with Gasteiger partial charge >= 0.3 is 0 Å². The second-order valence-corrected chi connectivity index (χ2v) is 6.57. The van der Waals surface area contributed by atoms with Gasteiger partial charge in [0.2, 0.25) is 11.8 Å². The van der Waals surface area contributed by atoms with Crippen molar-refractivity contribution >= 4 is 28.3 Å². The summed E-state index contributed by atoms with van der Waals surface area (Å²) in [7, 11) is 1.54. The number of nitrogens with zero attached hydrogens (tertiary/aromatic N) is 1. The lowest BCUT2D eigenvalue weighted by Crippen LogP contribution is -2.27. The molecular weight excluding hydrogens is 342 g/mol. The topological polar surface area (TPSA) is 80.3 Å². The molecule has 2 heterocycles. The number of carbonyl (C=O) groups is 2. The summed E-state index contributed by atoms with van der Waals surface area (Å²) in [5.41, 5.74) is 3.02. The number of anilines is 1. The number of pyridine rings is 1. The van der Waals surface area contributed by atoms with Crippen molar-refractivity contribution in [2.24, 2.45) is 0 Å². The molecule has 6 nitrogen and oxygen atoms in total. The van der Waals surface area contributed by atoms with Crippen LogP contribution in [0, 0.1) is 0 Å². The fraction of sp³-hybridized carbons (Fsp3) is 0.190. The maximum atomic E-state index is 12.7. The van der Waals surface area contributed by atoms with E-state index >= 15 is 0 Å². The number of rotatable bonds is 4. The minimum atomic E-state index is -0.277. The van der Waals surface area contributed by atoms with Gasteiger partial charge in [-0.2, -0.15) is 0 Å². The molecule has 0 saturated heterocycles. The first kappa shape index (κ1) is 17.0. The summed E-state index contributed by atoms with van der Waals surface area (Å²) in [5.74, 6) is 0.139. The minimum absolute atomic E-state index is 0.00806. The molecule has 0 radical (unpaired) electrons. The molecule has 1 aromatic heterocycles. The first-order valence-corrected chi connectivity index (χ1v) is 8.72. The summed E-state index contributed by atoms with van der Waals surface area (Å²) in [4.78, 5) is 28.6. The lowest BCUT2D eigenvalue weighted by atomic mass is 10.0. The number of carbonyl (C=O) groups excluding carboxylic acids is 2. The summed E-state index contributed by atoms with van der Waals surface area (Å²) in [6.45, 7) is 1.90. The van der Waals surface area contributed by atoms with E-state index in [1.54, 1.807) is 13.2 Å². The molecular formula is C21H19N3O3. The van der Waals surface area contributed by atoms with E-state index in [2.05, 4.69) is 15.6 Å². The van der Waals surface area contributed by atoms with Gasteiger partial charge in [0.05, 0.1) is 19.6 Å². The lowest BCUT2D eigenvalue weighted by molar-refractivity contribution is -0.115. The number of benzene rings is 2. The smallest absolute Gasteiger partial charge is 0.270 e. The van der Waals surface area contributed by atoms with Gasteiger partial charge in [0.1, 0.15) is 5.69 Å². The molecule has 0 aliphatic carbocycles. The molecule has 2 amide bonds. The largest absolute Gasteiger partial charge is 0.481 e. The molecule has 2 N–H and O–H groups in total. The van der Waals surface area contributed by atoms with Crippen LogP contribution in [-0.4, -0.2) is 23.9 Å². The minimum Gasteiger partial charge on any atom is -0.481 e. The molecule has 3 aromatic rings. The van der Waals surface area contributed by atoms with Crippen LogP contribution in [0.5, 0.6) is 5.88 Å². The van der Waals surface area contributed by atoms with Crippen LogP contribution in [0.3, 0.4) is 0 Å². The van der Waals surface area contributed by atoms with Crippen LogP contribution < -0.4 is 15.4 Å². The number of fused-ring (bicyclic) bond motifs is 2. The van der Waals surface area contributed by atoms with Crippen molar-refractivity contribution in [1.29, 1.82) is 0 Å². The van der Waals surface area contributed by atoms with Crippen LogP contribution in [0.15, 0.2) is 48.5 Å². The molecule has 0 bridgehead atoms. The molecule has 27 heavy (non-hydrogen) atoms. The Morgan fingerprint density at radius 2 is 2.04 bits per heavy atom. The standard InChI is InChI=1S/C21H19N3O3/c1-12(13-7-8-17-15(9-13)11-19(25)23-17)22-20(26)18-10-14-5-3-4-6-16(14)21(24-18)27-2/h3-10,12H,11H2,1-2H3,(H,22,26)(H,23,25)/t12-/m1/s1. The van der Waals surface area contributed by atoms with Crippen molar-refractivity contribution in [2.75, 3.05) is 12.4 Å². The molecule has 1 aliphatic heterocycles. The van der Waals surface area contributed by atoms with Crippen LogP contribution in [0.1, 0.15) is 34.6 Å². The van der Waals surface area contributed by atoms with Gasteiger partial charge in [0, 0.05) is 11.1 Å². The highest BCUT2D eigenvalue weighted by atomic mass is 16.5. The molecule has 0 unspecified atom stereocenters. The zero-order chi connectivity index (χ0) is 19.0. The highest BCUT2D eigenvalue weighted by Gasteiger charge is 2.20. The number of amides is 2. The van der Waals surface area contributed by atoms with E-state index in [1.165, 1.54) is 0 Å². The third-order valence-electron chi connectivity index (χ3n) is 4.73. The Bertz CT molecular complexity index is 1060. The van der Waals surface area contributed by atoms with Crippen molar-refractivity contribution in [3.8, 4) is 5.88 Å². The van der Waals surface area contributed by atoms with Crippen molar-refractivity contribution in [2.45, 2.75) is 19.4 Å². The monoisotopic (exact) mass is 361 g/mol. The highest BCUT2D eigenvalue weighted by Crippen LogP contribution is 2.27. The molecule has 136 valence electrons. The number of hydrogen-bond donors (Lipinski definition) is 2. The van der Waals surface area contributed by atoms with Crippen molar-refractivity contribution in [3.63, 3.8) is 0 Å². The summed E-state index contributed by atoms with van der Waals surface area (Å²) in [6, 6.07) is 14.9. The second kappa shape index (κ2) is 6.72. The highest BCUT2D eigenvalue weighted by molar-refractivity contribution is 5.99. The van der Waals surface area contributed by atoms with E-state index in [4.69, 9.17) is 4.74 Å². The van der Waals surface area contributed by atoms with Gasteiger partial charge in [-0.25, -0.2) is 4.98 Å². The Morgan fingerprint density at radius 1 is 1.22 bits per heavy atom. The van der Waals surface area contributed by atoms with Gasteiger partial charge in [-0.05, 0) is 41.6 Å². The van der Waals surface area contributed by atoms with E-state index in [0.29, 0.717) is 18.0 Å². The number of ether oxygens (including phenoxy) is 1. The van der Waals surface area contributed by atoms with E-state index < -0.39 is 0 Å². The summed E-state index contributed by atoms with van der Waals surface area (Å²) in [6.07, 6.45) is 0.368. The Morgan fingerprint density at radius 3 is 2.85 bits per heavy atom. The summed E-state index contributed by atoms with van der Waals surface area (Å²) < 4.78 is 5.34. The summed E-state index contributed by atoms with van der Waals surface area (Å²) in [5, 5.41) is 7.53. The third-order valence-corrected chi connectivity index (χ3v) is 4.73. The third kappa shape index (κ3) is 3.21. The SMILES string of the molecule is COc1nc(C(=O)N[C@H](C)c2ccc3c(c2)CC(=O)N3)cc2ccccc12. The molecule has 1 atom stereocenters. The first-order chi connectivity index (χ1) is 13.0. The zero-order valence-electron chi connectivity index (χ0n) is 15.1. The fourth-order valence-electron chi connectivity index (χ4n) is 3.31. The molecule has 0 spiro atoms. The van der Waals surface area contributed by atoms with Crippen molar-refractivity contribution < 1.29 is 14.3 Å². The van der Waals surface area contributed by atoms with Crippen LogP contribution in [0.25, 0.3) is 10.8 Å². The number of nitrogens with one attached hydrogen (secondary N) is 2. The Kier molecular flexibility index (Phi) is 4.24. The van der Waals surface area contributed by atoms with Gasteiger partial charge in [0.25, 0.3) is 5.91 Å². The van der Waals surface area contributed by atoms with Crippen LogP contribution >= 0.6 is 0 Å². The van der Waals surface area contributed by atoms with Crippen LogP contribution in [-0.2, 0) is 11.2 Å². The molecule has 0 fully saturated rings.